The first kappa shape index (κ1) is 12.8. The van der Waals surface area contributed by atoms with Crippen LogP contribution < -0.4 is 5.73 Å². The molecule has 0 fully saturated rings. The van der Waals surface area contributed by atoms with Gasteiger partial charge in [0.25, 0.3) is 0 Å². The van der Waals surface area contributed by atoms with Gasteiger partial charge in [-0.1, -0.05) is 42.0 Å². The van der Waals surface area contributed by atoms with Crippen molar-refractivity contribution < 1.29 is 4.39 Å². The molecule has 0 aliphatic carbocycles. The lowest BCUT2D eigenvalue weighted by molar-refractivity contribution is 0.610. The van der Waals surface area contributed by atoms with Crippen molar-refractivity contribution in [3.63, 3.8) is 0 Å². The van der Waals surface area contributed by atoms with Crippen LogP contribution in [-0.2, 0) is 6.42 Å². The van der Waals surface area contributed by atoms with Gasteiger partial charge in [0.15, 0.2) is 0 Å². The summed E-state index contributed by atoms with van der Waals surface area (Å²) in [5.74, 6) is -0.188. The SMILES string of the molecule is Cc1ccc(CC(N)c2ccc(C)c(F)c2)cc1. The lowest BCUT2D eigenvalue weighted by Gasteiger charge is -2.13. The highest BCUT2D eigenvalue weighted by molar-refractivity contribution is 5.28. The number of aryl methyl sites for hydroxylation is 2. The van der Waals surface area contributed by atoms with E-state index < -0.39 is 0 Å². The van der Waals surface area contributed by atoms with Gasteiger partial charge in [-0.05, 0) is 43.0 Å². The van der Waals surface area contributed by atoms with Crippen molar-refractivity contribution in [2.45, 2.75) is 26.3 Å². The van der Waals surface area contributed by atoms with Crippen LogP contribution >= 0.6 is 0 Å². The molecular formula is C16H18FN. The normalized spacial score (nSPS) is 12.4. The maximum atomic E-state index is 13.5. The second kappa shape index (κ2) is 5.32. The zero-order chi connectivity index (χ0) is 13.1. The molecule has 0 heterocycles. The molecule has 0 aliphatic rings. The van der Waals surface area contributed by atoms with E-state index in [0.717, 1.165) is 12.0 Å². The molecule has 0 saturated carbocycles. The lowest BCUT2D eigenvalue weighted by Crippen LogP contribution is -2.13. The van der Waals surface area contributed by atoms with Crippen LogP contribution in [0.1, 0.15) is 28.3 Å². The Morgan fingerprint density at radius 1 is 1.06 bits per heavy atom. The molecule has 1 nitrogen and oxygen atoms in total. The Hall–Kier alpha value is -1.67. The fraction of sp³-hybridized carbons (Fsp3) is 0.250. The minimum Gasteiger partial charge on any atom is -0.324 e. The van der Waals surface area contributed by atoms with Crippen molar-refractivity contribution in [2.75, 3.05) is 0 Å². The zero-order valence-corrected chi connectivity index (χ0v) is 10.8. The molecule has 2 rings (SSSR count). The van der Waals surface area contributed by atoms with Gasteiger partial charge in [-0.25, -0.2) is 4.39 Å². The van der Waals surface area contributed by atoms with Gasteiger partial charge in [0.05, 0.1) is 0 Å². The molecule has 1 unspecified atom stereocenters. The van der Waals surface area contributed by atoms with Crippen molar-refractivity contribution in [2.24, 2.45) is 5.73 Å². The lowest BCUT2D eigenvalue weighted by atomic mass is 9.98. The molecule has 0 saturated heterocycles. The van der Waals surface area contributed by atoms with Crippen molar-refractivity contribution in [3.05, 3.63) is 70.5 Å². The highest BCUT2D eigenvalue weighted by atomic mass is 19.1. The molecule has 0 radical (unpaired) electrons. The Bertz CT molecular complexity index is 531. The molecule has 2 aromatic rings. The van der Waals surface area contributed by atoms with E-state index in [-0.39, 0.29) is 11.9 Å². The van der Waals surface area contributed by atoms with E-state index >= 15 is 0 Å². The summed E-state index contributed by atoms with van der Waals surface area (Å²) in [7, 11) is 0. The van der Waals surface area contributed by atoms with Crippen molar-refractivity contribution in [3.8, 4) is 0 Å². The van der Waals surface area contributed by atoms with Gasteiger partial charge >= 0.3 is 0 Å². The molecular weight excluding hydrogens is 225 g/mol. The van der Waals surface area contributed by atoms with Crippen molar-refractivity contribution >= 4 is 0 Å². The third-order valence-corrected chi connectivity index (χ3v) is 3.20. The van der Waals surface area contributed by atoms with Crippen LogP contribution in [0.4, 0.5) is 4.39 Å². The second-order valence-corrected chi connectivity index (χ2v) is 4.80. The molecule has 0 spiro atoms. The summed E-state index contributed by atoms with van der Waals surface area (Å²) in [6, 6.07) is 13.3. The van der Waals surface area contributed by atoms with E-state index in [2.05, 4.69) is 31.2 Å². The Balaban J connectivity index is 2.13. The van der Waals surface area contributed by atoms with E-state index in [0.29, 0.717) is 5.56 Å². The molecule has 2 aromatic carbocycles. The van der Waals surface area contributed by atoms with Crippen LogP contribution in [0.5, 0.6) is 0 Å². The van der Waals surface area contributed by atoms with Gasteiger partial charge in [-0.3, -0.25) is 0 Å². The molecule has 0 bridgehead atoms. The van der Waals surface area contributed by atoms with Crippen LogP contribution in [0, 0.1) is 19.7 Å². The maximum absolute atomic E-state index is 13.5. The van der Waals surface area contributed by atoms with Crippen LogP contribution in [0.25, 0.3) is 0 Å². The fourth-order valence-corrected chi connectivity index (χ4v) is 1.94. The first-order valence-corrected chi connectivity index (χ1v) is 6.13. The van der Waals surface area contributed by atoms with E-state index in [1.54, 1.807) is 13.0 Å². The summed E-state index contributed by atoms with van der Waals surface area (Å²) in [4.78, 5) is 0. The number of halogens is 1. The minimum atomic E-state index is -0.188. The number of rotatable bonds is 3. The first-order valence-electron chi connectivity index (χ1n) is 6.13. The van der Waals surface area contributed by atoms with E-state index in [1.165, 1.54) is 17.2 Å². The summed E-state index contributed by atoms with van der Waals surface area (Å²) in [5.41, 5.74) is 10.0. The molecule has 0 amide bonds. The van der Waals surface area contributed by atoms with Crippen LogP contribution in [-0.4, -0.2) is 0 Å². The predicted molar refractivity (Wildman–Crippen MR) is 72.9 cm³/mol. The standard InChI is InChI=1S/C16H18FN/c1-11-3-6-13(7-4-11)9-16(18)14-8-5-12(2)15(17)10-14/h3-8,10,16H,9,18H2,1-2H3. The third-order valence-electron chi connectivity index (χ3n) is 3.20. The van der Waals surface area contributed by atoms with Gasteiger partial charge in [0.1, 0.15) is 5.82 Å². The molecule has 0 aromatic heterocycles. The van der Waals surface area contributed by atoms with E-state index in [9.17, 15) is 4.39 Å². The average molecular weight is 243 g/mol. The highest BCUT2D eigenvalue weighted by Crippen LogP contribution is 2.19. The number of hydrogen-bond donors (Lipinski definition) is 1. The molecule has 0 aliphatic heterocycles. The first-order chi connectivity index (χ1) is 8.56. The quantitative estimate of drug-likeness (QED) is 0.874. The molecule has 94 valence electrons. The molecule has 2 heteroatoms. The van der Waals surface area contributed by atoms with Crippen LogP contribution in [0.2, 0.25) is 0 Å². The number of benzene rings is 2. The van der Waals surface area contributed by atoms with Gasteiger partial charge in [-0.15, -0.1) is 0 Å². The summed E-state index contributed by atoms with van der Waals surface area (Å²) in [5, 5.41) is 0. The van der Waals surface area contributed by atoms with E-state index in [4.69, 9.17) is 5.73 Å². The molecule has 18 heavy (non-hydrogen) atoms. The minimum absolute atomic E-state index is 0.164. The van der Waals surface area contributed by atoms with Gasteiger partial charge < -0.3 is 5.73 Å². The number of hydrogen-bond acceptors (Lipinski definition) is 1. The molecule has 2 N–H and O–H groups in total. The Morgan fingerprint density at radius 3 is 2.33 bits per heavy atom. The summed E-state index contributed by atoms with van der Waals surface area (Å²) >= 11 is 0. The zero-order valence-electron chi connectivity index (χ0n) is 10.8. The predicted octanol–water partition coefficient (Wildman–Crippen LogP) is 3.69. The second-order valence-electron chi connectivity index (χ2n) is 4.80. The van der Waals surface area contributed by atoms with Gasteiger partial charge in [0, 0.05) is 6.04 Å². The van der Waals surface area contributed by atoms with Crippen LogP contribution in [0.3, 0.4) is 0 Å². The largest absolute Gasteiger partial charge is 0.324 e. The van der Waals surface area contributed by atoms with E-state index in [1.807, 2.05) is 6.07 Å². The molecule has 1 atom stereocenters. The monoisotopic (exact) mass is 243 g/mol. The highest BCUT2D eigenvalue weighted by Gasteiger charge is 2.09. The smallest absolute Gasteiger partial charge is 0.126 e. The topological polar surface area (TPSA) is 26.0 Å². The Morgan fingerprint density at radius 2 is 1.72 bits per heavy atom. The summed E-state index contributed by atoms with van der Waals surface area (Å²) < 4.78 is 13.5. The summed E-state index contributed by atoms with van der Waals surface area (Å²) in [6.07, 6.45) is 0.725. The average Bonchev–Trinajstić information content (AvgIpc) is 2.35. The Labute approximate surface area is 107 Å². The van der Waals surface area contributed by atoms with Crippen LogP contribution in [0.15, 0.2) is 42.5 Å². The maximum Gasteiger partial charge on any atom is 0.126 e. The Kier molecular flexibility index (Phi) is 3.78. The van der Waals surface area contributed by atoms with Gasteiger partial charge in [-0.2, -0.15) is 0 Å². The van der Waals surface area contributed by atoms with Crippen molar-refractivity contribution in [1.82, 2.24) is 0 Å². The number of nitrogens with two attached hydrogens (primary N) is 1. The van der Waals surface area contributed by atoms with Crippen molar-refractivity contribution in [1.29, 1.82) is 0 Å². The summed E-state index contributed by atoms with van der Waals surface area (Å²) in [6.45, 7) is 3.81. The third kappa shape index (κ3) is 2.96. The fourth-order valence-electron chi connectivity index (χ4n) is 1.94. The van der Waals surface area contributed by atoms with Gasteiger partial charge in [0.2, 0.25) is 0 Å².